The average Bonchev–Trinajstić information content (AvgIpc) is 2.54. The highest BCUT2D eigenvalue weighted by Crippen LogP contribution is 2.32. The summed E-state index contributed by atoms with van der Waals surface area (Å²) in [6, 6.07) is 23.4. The van der Waals surface area contributed by atoms with Crippen molar-refractivity contribution in [2.75, 3.05) is 0 Å². The van der Waals surface area contributed by atoms with Crippen molar-refractivity contribution >= 4 is 26.5 Å². The van der Waals surface area contributed by atoms with E-state index in [2.05, 4.69) is 99.5 Å². The van der Waals surface area contributed by atoms with Crippen molar-refractivity contribution in [1.29, 1.82) is 0 Å². The van der Waals surface area contributed by atoms with Crippen LogP contribution in [0.5, 0.6) is 0 Å². The highest BCUT2D eigenvalue weighted by atomic mass is 28.3. The highest BCUT2D eigenvalue weighted by Gasteiger charge is 2.36. The number of hydrogen-bond acceptors (Lipinski definition) is 0. The van der Waals surface area contributed by atoms with Gasteiger partial charge in [-0.1, -0.05) is 103 Å². The smallest absolute Gasteiger partial charge is 0.0870 e. The summed E-state index contributed by atoms with van der Waals surface area (Å²) in [6.45, 7) is 14.2. The van der Waals surface area contributed by atoms with Crippen LogP contribution in [0.25, 0.3) is 0 Å². The summed E-state index contributed by atoms with van der Waals surface area (Å²) in [5.74, 6) is 0. The highest BCUT2D eigenvalue weighted by molar-refractivity contribution is 6.95. The molecule has 0 aliphatic rings. The van der Waals surface area contributed by atoms with Crippen LogP contribution in [0, 0.1) is 0 Å². The molecule has 2 rings (SSSR count). The van der Waals surface area contributed by atoms with Gasteiger partial charge < -0.3 is 0 Å². The summed E-state index contributed by atoms with van der Waals surface area (Å²) in [6.07, 6.45) is 2.23. The monoisotopic (exact) mass is 324 g/mol. The third-order valence-corrected chi connectivity index (χ3v) is 12.9. The van der Waals surface area contributed by atoms with Crippen LogP contribution >= 0.6 is 0 Å². The lowest BCUT2D eigenvalue weighted by atomic mass is 10.4. The minimum atomic E-state index is -1.53. The van der Waals surface area contributed by atoms with Gasteiger partial charge in [0.15, 0.2) is 0 Å². The molecule has 0 spiro atoms. The standard InChI is InChI=1S/C20H28Si2/c1-6-18(22(4,5)20-15-11-8-12-16-20)17-21(2,3)19-13-9-7-10-14-19/h6-16,18H,1,17H2,2-5H3. The summed E-state index contributed by atoms with van der Waals surface area (Å²) in [4.78, 5) is 0. The van der Waals surface area contributed by atoms with E-state index in [-0.39, 0.29) is 0 Å². The third-order valence-electron chi connectivity index (χ3n) is 5.01. The van der Waals surface area contributed by atoms with Crippen molar-refractivity contribution in [2.45, 2.75) is 37.8 Å². The van der Waals surface area contributed by atoms with Crippen molar-refractivity contribution in [3.05, 3.63) is 73.3 Å². The Morgan fingerprint density at radius 2 is 1.27 bits per heavy atom. The molecule has 0 amide bonds. The normalized spacial score (nSPS) is 13.6. The fourth-order valence-electron chi connectivity index (χ4n) is 3.27. The molecule has 116 valence electrons. The maximum absolute atomic E-state index is 4.19. The number of rotatable bonds is 6. The maximum Gasteiger partial charge on any atom is 0.0870 e. The van der Waals surface area contributed by atoms with E-state index in [0.717, 1.165) is 0 Å². The maximum atomic E-state index is 4.19. The second-order valence-corrected chi connectivity index (χ2v) is 16.9. The largest absolute Gasteiger partial charge is 0.103 e. The first-order chi connectivity index (χ1) is 10.4. The fraction of sp³-hybridized carbons (Fsp3) is 0.300. The Kier molecular flexibility index (Phi) is 5.25. The van der Waals surface area contributed by atoms with Gasteiger partial charge in [-0.05, 0) is 11.6 Å². The predicted octanol–water partition coefficient (Wildman–Crippen LogP) is 4.77. The Morgan fingerprint density at radius 3 is 1.73 bits per heavy atom. The summed E-state index contributed by atoms with van der Waals surface area (Å²) in [7, 11) is -2.98. The minimum Gasteiger partial charge on any atom is -0.103 e. The van der Waals surface area contributed by atoms with E-state index < -0.39 is 16.1 Å². The molecule has 0 bridgehead atoms. The van der Waals surface area contributed by atoms with E-state index in [9.17, 15) is 0 Å². The SMILES string of the molecule is C=CC(C[Si](C)(C)c1ccccc1)[Si](C)(C)c1ccccc1. The Hall–Kier alpha value is -1.39. The van der Waals surface area contributed by atoms with Crippen molar-refractivity contribution < 1.29 is 0 Å². The van der Waals surface area contributed by atoms with Crippen molar-refractivity contribution in [3.8, 4) is 0 Å². The van der Waals surface area contributed by atoms with Crippen LogP contribution in [0.15, 0.2) is 73.3 Å². The van der Waals surface area contributed by atoms with Gasteiger partial charge >= 0.3 is 0 Å². The Balaban J connectivity index is 2.27. The average molecular weight is 325 g/mol. The summed E-state index contributed by atoms with van der Waals surface area (Å²) < 4.78 is 0. The number of hydrogen-bond donors (Lipinski definition) is 0. The van der Waals surface area contributed by atoms with Crippen LogP contribution in [0.4, 0.5) is 0 Å². The number of allylic oxidation sites excluding steroid dienone is 1. The first-order valence-corrected chi connectivity index (χ1v) is 14.4. The van der Waals surface area contributed by atoms with Crippen molar-refractivity contribution in [1.82, 2.24) is 0 Å². The molecule has 0 radical (unpaired) electrons. The lowest BCUT2D eigenvalue weighted by Gasteiger charge is -2.36. The van der Waals surface area contributed by atoms with Crippen LogP contribution in [-0.4, -0.2) is 16.1 Å². The van der Waals surface area contributed by atoms with E-state index in [1.807, 2.05) is 0 Å². The molecule has 0 saturated carbocycles. The number of benzene rings is 2. The van der Waals surface area contributed by atoms with Crippen molar-refractivity contribution in [3.63, 3.8) is 0 Å². The molecule has 0 aromatic heterocycles. The van der Waals surface area contributed by atoms with Crippen LogP contribution < -0.4 is 10.4 Å². The van der Waals surface area contributed by atoms with Gasteiger partial charge in [-0.3, -0.25) is 0 Å². The molecule has 0 N–H and O–H groups in total. The molecule has 2 aromatic carbocycles. The van der Waals surface area contributed by atoms with E-state index >= 15 is 0 Å². The van der Waals surface area contributed by atoms with Crippen LogP contribution in [-0.2, 0) is 0 Å². The molecule has 0 saturated heterocycles. The lowest BCUT2D eigenvalue weighted by molar-refractivity contribution is 1.10. The van der Waals surface area contributed by atoms with E-state index in [1.54, 1.807) is 5.19 Å². The Morgan fingerprint density at radius 1 is 0.818 bits per heavy atom. The topological polar surface area (TPSA) is 0 Å². The van der Waals surface area contributed by atoms with Crippen molar-refractivity contribution in [2.24, 2.45) is 0 Å². The quantitative estimate of drug-likeness (QED) is 0.530. The third kappa shape index (κ3) is 3.68. The summed E-state index contributed by atoms with van der Waals surface area (Å²) in [5, 5.41) is 3.09. The molecule has 0 nitrogen and oxygen atoms in total. The van der Waals surface area contributed by atoms with Crippen LogP contribution in [0.2, 0.25) is 37.8 Å². The Bertz CT molecular complexity index is 600. The second kappa shape index (κ2) is 6.80. The molecular weight excluding hydrogens is 296 g/mol. The van der Waals surface area contributed by atoms with Gasteiger partial charge in [0.1, 0.15) is 0 Å². The van der Waals surface area contributed by atoms with E-state index in [1.165, 1.54) is 11.2 Å². The molecule has 0 heterocycles. The summed E-state index contributed by atoms with van der Waals surface area (Å²) in [5.41, 5.74) is 0.622. The van der Waals surface area contributed by atoms with Crippen LogP contribution in [0.1, 0.15) is 0 Å². The van der Waals surface area contributed by atoms with Gasteiger partial charge in [0.05, 0.1) is 16.1 Å². The van der Waals surface area contributed by atoms with Gasteiger partial charge in [0.25, 0.3) is 0 Å². The predicted molar refractivity (Wildman–Crippen MR) is 106 cm³/mol. The van der Waals surface area contributed by atoms with Gasteiger partial charge in [-0.25, -0.2) is 0 Å². The minimum absolute atomic E-state index is 0.622. The van der Waals surface area contributed by atoms with Gasteiger partial charge in [-0.15, -0.1) is 6.58 Å². The lowest BCUT2D eigenvalue weighted by Crippen LogP contribution is -2.50. The first-order valence-electron chi connectivity index (χ1n) is 8.11. The molecule has 0 fully saturated rings. The molecule has 0 aliphatic carbocycles. The summed E-state index contributed by atoms with van der Waals surface area (Å²) >= 11 is 0. The molecule has 2 heteroatoms. The van der Waals surface area contributed by atoms with Crippen LogP contribution in [0.3, 0.4) is 0 Å². The zero-order valence-electron chi connectivity index (χ0n) is 14.3. The van der Waals surface area contributed by atoms with Gasteiger partial charge in [0, 0.05) is 0 Å². The fourth-order valence-corrected chi connectivity index (χ4v) is 11.5. The zero-order valence-corrected chi connectivity index (χ0v) is 16.3. The van der Waals surface area contributed by atoms with Gasteiger partial charge in [0.2, 0.25) is 0 Å². The van der Waals surface area contributed by atoms with E-state index in [4.69, 9.17) is 0 Å². The second-order valence-electron chi connectivity index (χ2n) is 7.38. The molecule has 1 atom stereocenters. The molecule has 2 aromatic rings. The molecule has 0 aliphatic heterocycles. The van der Waals surface area contributed by atoms with Gasteiger partial charge in [-0.2, -0.15) is 0 Å². The first kappa shape index (κ1) is 17.0. The molecule has 1 unspecified atom stereocenters. The van der Waals surface area contributed by atoms with E-state index in [0.29, 0.717) is 5.54 Å². The molecule has 22 heavy (non-hydrogen) atoms. The Labute approximate surface area is 137 Å². The zero-order chi connectivity index (χ0) is 16.2. The molecular formula is C20H28Si2.